The Bertz CT molecular complexity index is 494. The molecule has 3 heteroatoms. The standard InChI is InChI=1S/C13H12N2O/c1-10-5-2-3-6-11(10)12(16)9-13-14-7-4-8-15-13/h2-8H,9H2,1H3. The lowest BCUT2D eigenvalue weighted by Crippen LogP contribution is -2.07. The van der Waals surface area contributed by atoms with Crippen molar-refractivity contribution in [2.45, 2.75) is 13.3 Å². The predicted octanol–water partition coefficient (Wildman–Crippen LogP) is 2.21. The predicted molar refractivity (Wildman–Crippen MR) is 61.2 cm³/mol. The van der Waals surface area contributed by atoms with E-state index in [-0.39, 0.29) is 12.2 Å². The van der Waals surface area contributed by atoms with Crippen molar-refractivity contribution in [1.29, 1.82) is 0 Å². The Balaban J connectivity index is 2.19. The van der Waals surface area contributed by atoms with E-state index < -0.39 is 0 Å². The minimum absolute atomic E-state index is 0.0595. The lowest BCUT2D eigenvalue weighted by atomic mass is 10.0. The van der Waals surface area contributed by atoms with E-state index in [1.54, 1.807) is 18.5 Å². The van der Waals surface area contributed by atoms with Crippen molar-refractivity contribution >= 4 is 5.78 Å². The molecule has 0 aliphatic carbocycles. The second-order valence-electron chi connectivity index (χ2n) is 3.58. The number of hydrogen-bond acceptors (Lipinski definition) is 3. The van der Waals surface area contributed by atoms with E-state index in [0.29, 0.717) is 5.82 Å². The van der Waals surface area contributed by atoms with Crippen molar-refractivity contribution in [3.05, 3.63) is 59.7 Å². The minimum Gasteiger partial charge on any atom is -0.294 e. The molecule has 3 nitrogen and oxygen atoms in total. The third-order valence-corrected chi connectivity index (χ3v) is 2.38. The second kappa shape index (κ2) is 4.66. The number of carbonyl (C=O) groups is 1. The summed E-state index contributed by atoms with van der Waals surface area (Å²) in [6.45, 7) is 1.93. The van der Waals surface area contributed by atoms with Gasteiger partial charge in [0, 0.05) is 18.0 Å². The monoisotopic (exact) mass is 212 g/mol. The molecular formula is C13H12N2O. The number of Topliss-reactive ketones (excluding diaryl/α,β-unsaturated/α-hetero) is 1. The molecule has 0 atom stereocenters. The average molecular weight is 212 g/mol. The van der Waals surface area contributed by atoms with Crippen LogP contribution in [0.25, 0.3) is 0 Å². The molecule has 0 unspecified atom stereocenters. The van der Waals surface area contributed by atoms with E-state index in [1.807, 2.05) is 31.2 Å². The summed E-state index contributed by atoms with van der Waals surface area (Å²) >= 11 is 0. The van der Waals surface area contributed by atoms with E-state index in [1.165, 1.54) is 0 Å². The summed E-state index contributed by atoms with van der Waals surface area (Å²) in [7, 11) is 0. The summed E-state index contributed by atoms with van der Waals surface area (Å²) in [5.41, 5.74) is 1.73. The van der Waals surface area contributed by atoms with E-state index >= 15 is 0 Å². The Hall–Kier alpha value is -2.03. The maximum absolute atomic E-state index is 12.0. The largest absolute Gasteiger partial charge is 0.294 e. The molecule has 80 valence electrons. The van der Waals surface area contributed by atoms with Crippen LogP contribution in [0.4, 0.5) is 0 Å². The maximum Gasteiger partial charge on any atom is 0.170 e. The Labute approximate surface area is 94.2 Å². The molecule has 0 spiro atoms. The summed E-state index contributed by atoms with van der Waals surface area (Å²) in [5.74, 6) is 0.625. The van der Waals surface area contributed by atoms with Gasteiger partial charge in [0.15, 0.2) is 5.78 Å². The van der Waals surface area contributed by atoms with Crippen LogP contribution in [0.3, 0.4) is 0 Å². The van der Waals surface area contributed by atoms with Gasteiger partial charge < -0.3 is 0 Å². The second-order valence-corrected chi connectivity index (χ2v) is 3.58. The molecule has 0 aliphatic rings. The first-order valence-corrected chi connectivity index (χ1v) is 5.12. The fraction of sp³-hybridized carbons (Fsp3) is 0.154. The normalized spacial score (nSPS) is 10.1. The molecule has 0 saturated heterocycles. The Kier molecular flexibility index (Phi) is 3.05. The van der Waals surface area contributed by atoms with Crippen LogP contribution >= 0.6 is 0 Å². The molecule has 0 radical (unpaired) electrons. The van der Waals surface area contributed by atoms with Crippen LogP contribution in [0.2, 0.25) is 0 Å². The van der Waals surface area contributed by atoms with Gasteiger partial charge in [0.05, 0.1) is 6.42 Å². The van der Waals surface area contributed by atoms with Gasteiger partial charge in [-0.25, -0.2) is 9.97 Å². The fourth-order valence-corrected chi connectivity index (χ4v) is 1.55. The van der Waals surface area contributed by atoms with Gasteiger partial charge in [-0.2, -0.15) is 0 Å². The SMILES string of the molecule is Cc1ccccc1C(=O)Cc1ncccn1. The molecule has 0 saturated carbocycles. The van der Waals surface area contributed by atoms with Crippen LogP contribution in [0, 0.1) is 6.92 Å². The van der Waals surface area contributed by atoms with Gasteiger partial charge in [0.2, 0.25) is 0 Å². The Morgan fingerprint density at radius 3 is 2.50 bits per heavy atom. The molecule has 2 rings (SSSR count). The number of ketones is 1. The highest BCUT2D eigenvalue weighted by Gasteiger charge is 2.10. The maximum atomic E-state index is 12.0. The topological polar surface area (TPSA) is 42.9 Å². The van der Waals surface area contributed by atoms with Crippen LogP contribution in [0.5, 0.6) is 0 Å². The molecule has 1 aromatic heterocycles. The first kappa shape index (κ1) is 10.5. The van der Waals surface area contributed by atoms with Gasteiger partial charge in [0.25, 0.3) is 0 Å². The zero-order chi connectivity index (χ0) is 11.4. The smallest absolute Gasteiger partial charge is 0.170 e. The molecule has 16 heavy (non-hydrogen) atoms. The molecular weight excluding hydrogens is 200 g/mol. The third-order valence-electron chi connectivity index (χ3n) is 2.38. The summed E-state index contributed by atoms with van der Waals surface area (Å²) < 4.78 is 0. The number of carbonyl (C=O) groups excluding carboxylic acids is 1. The lowest BCUT2D eigenvalue weighted by Gasteiger charge is -2.03. The Morgan fingerprint density at radius 1 is 1.12 bits per heavy atom. The van der Waals surface area contributed by atoms with E-state index in [4.69, 9.17) is 0 Å². The van der Waals surface area contributed by atoms with Gasteiger partial charge in [-0.3, -0.25) is 4.79 Å². The van der Waals surface area contributed by atoms with Gasteiger partial charge >= 0.3 is 0 Å². The van der Waals surface area contributed by atoms with Crippen LogP contribution in [0.15, 0.2) is 42.7 Å². The fourth-order valence-electron chi connectivity index (χ4n) is 1.55. The van der Waals surface area contributed by atoms with Crippen molar-refractivity contribution < 1.29 is 4.79 Å². The molecule has 0 aliphatic heterocycles. The highest BCUT2D eigenvalue weighted by atomic mass is 16.1. The highest BCUT2D eigenvalue weighted by Crippen LogP contribution is 2.09. The summed E-state index contributed by atoms with van der Waals surface area (Å²) in [6, 6.07) is 9.29. The van der Waals surface area contributed by atoms with Crippen molar-refractivity contribution in [1.82, 2.24) is 9.97 Å². The Morgan fingerprint density at radius 2 is 1.81 bits per heavy atom. The lowest BCUT2D eigenvalue weighted by molar-refractivity contribution is 0.0990. The zero-order valence-corrected chi connectivity index (χ0v) is 9.05. The molecule has 0 N–H and O–H groups in total. The molecule has 0 fully saturated rings. The minimum atomic E-state index is 0.0595. The average Bonchev–Trinajstić information content (AvgIpc) is 2.31. The summed E-state index contributed by atoms with van der Waals surface area (Å²) in [4.78, 5) is 20.0. The number of nitrogens with zero attached hydrogens (tertiary/aromatic N) is 2. The zero-order valence-electron chi connectivity index (χ0n) is 9.05. The van der Waals surface area contributed by atoms with Crippen LogP contribution < -0.4 is 0 Å². The van der Waals surface area contributed by atoms with E-state index in [2.05, 4.69) is 9.97 Å². The highest BCUT2D eigenvalue weighted by molar-refractivity contribution is 5.98. The number of aryl methyl sites for hydroxylation is 1. The quantitative estimate of drug-likeness (QED) is 0.732. The third kappa shape index (κ3) is 2.31. The van der Waals surface area contributed by atoms with Gasteiger partial charge in [-0.1, -0.05) is 24.3 Å². The van der Waals surface area contributed by atoms with Crippen LogP contribution in [-0.2, 0) is 6.42 Å². The first-order chi connectivity index (χ1) is 7.77. The summed E-state index contributed by atoms with van der Waals surface area (Å²) in [5, 5.41) is 0. The molecule has 1 heterocycles. The van der Waals surface area contributed by atoms with Crippen LogP contribution in [-0.4, -0.2) is 15.8 Å². The van der Waals surface area contributed by atoms with Crippen LogP contribution in [0.1, 0.15) is 21.7 Å². The van der Waals surface area contributed by atoms with Gasteiger partial charge in [-0.15, -0.1) is 0 Å². The van der Waals surface area contributed by atoms with Crippen molar-refractivity contribution in [2.75, 3.05) is 0 Å². The molecule has 1 aromatic carbocycles. The molecule has 2 aromatic rings. The number of aromatic nitrogens is 2. The van der Waals surface area contributed by atoms with E-state index in [9.17, 15) is 4.79 Å². The van der Waals surface area contributed by atoms with Gasteiger partial charge in [0.1, 0.15) is 5.82 Å². The van der Waals surface area contributed by atoms with Crippen molar-refractivity contribution in [3.8, 4) is 0 Å². The van der Waals surface area contributed by atoms with Crippen molar-refractivity contribution in [3.63, 3.8) is 0 Å². The first-order valence-electron chi connectivity index (χ1n) is 5.12. The number of rotatable bonds is 3. The number of benzene rings is 1. The molecule has 0 amide bonds. The van der Waals surface area contributed by atoms with Crippen molar-refractivity contribution in [2.24, 2.45) is 0 Å². The summed E-state index contributed by atoms with van der Waals surface area (Å²) in [6.07, 6.45) is 3.55. The van der Waals surface area contributed by atoms with Gasteiger partial charge in [-0.05, 0) is 18.6 Å². The van der Waals surface area contributed by atoms with E-state index in [0.717, 1.165) is 11.1 Å². The number of hydrogen-bond donors (Lipinski definition) is 0. The molecule has 0 bridgehead atoms.